The van der Waals surface area contributed by atoms with Crippen molar-refractivity contribution in [3.05, 3.63) is 59.7 Å². The molecular weight excluding hydrogens is 441 g/mol. The van der Waals surface area contributed by atoms with Gasteiger partial charge in [0.25, 0.3) is 0 Å². The number of phenols is 1. The zero-order valence-electron chi connectivity index (χ0n) is 15.5. The highest BCUT2D eigenvalue weighted by atomic mass is 127. The van der Waals surface area contributed by atoms with Gasteiger partial charge in [-0.05, 0) is 37.5 Å². The van der Waals surface area contributed by atoms with Gasteiger partial charge in [0.2, 0.25) is 0 Å². The standard InChI is InChI=1S/C20H27N3O2.HI/c1-4-21-20(23-15(2)16-8-6-5-7-9-16)22-13-12-17-10-11-18(25-3)14-19(17)24;/h5-11,14-15,24H,4,12-13H2,1-3H3,(H2,21,22,23);1H. The number of ether oxygens (including phenoxy) is 1. The van der Waals surface area contributed by atoms with Crippen LogP contribution in [0.2, 0.25) is 0 Å². The molecule has 26 heavy (non-hydrogen) atoms. The largest absolute Gasteiger partial charge is 0.508 e. The molecule has 0 aliphatic heterocycles. The number of aromatic hydroxyl groups is 1. The molecule has 0 saturated heterocycles. The van der Waals surface area contributed by atoms with Gasteiger partial charge in [-0.3, -0.25) is 4.99 Å². The fraction of sp³-hybridized carbons (Fsp3) is 0.350. The van der Waals surface area contributed by atoms with Crippen molar-refractivity contribution in [3.63, 3.8) is 0 Å². The van der Waals surface area contributed by atoms with Crippen LogP contribution in [0, 0.1) is 0 Å². The SMILES string of the molecule is CCNC(=NCCc1ccc(OC)cc1O)NC(C)c1ccccc1.I. The van der Waals surface area contributed by atoms with Gasteiger partial charge < -0.3 is 20.5 Å². The molecule has 0 aliphatic rings. The average molecular weight is 469 g/mol. The lowest BCUT2D eigenvalue weighted by Gasteiger charge is -2.18. The Morgan fingerprint density at radius 3 is 2.54 bits per heavy atom. The highest BCUT2D eigenvalue weighted by molar-refractivity contribution is 14.0. The van der Waals surface area contributed by atoms with E-state index in [-0.39, 0.29) is 35.8 Å². The van der Waals surface area contributed by atoms with Crippen LogP contribution in [-0.2, 0) is 6.42 Å². The van der Waals surface area contributed by atoms with Gasteiger partial charge in [0, 0.05) is 19.2 Å². The maximum Gasteiger partial charge on any atom is 0.191 e. The molecule has 0 amide bonds. The van der Waals surface area contributed by atoms with E-state index >= 15 is 0 Å². The molecule has 0 radical (unpaired) electrons. The molecule has 2 rings (SSSR count). The third-order valence-corrected chi connectivity index (χ3v) is 3.94. The van der Waals surface area contributed by atoms with E-state index in [0.717, 1.165) is 18.1 Å². The first kappa shape index (κ1) is 22.1. The number of guanidine groups is 1. The van der Waals surface area contributed by atoms with Gasteiger partial charge in [-0.25, -0.2) is 0 Å². The summed E-state index contributed by atoms with van der Waals surface area (Å²) in [5.74, 6) is 1.66. The van der Waals surface area contributed by atoms with Crippen molar-refractivity contribution in [3.8, 4) is 11.5 Å². The summed E-state index contributed by atoms with van der Waals surface area (Å²) in [6.07, 6.45) is 0.659. The molecule has 3 N–H and O–H groups in total. The van der Waals surface area contributed by atoms with E-state index in [0.29, 0.717) is 18.7 Å². The number of benzene rings is 2. The number of methoxy groups -OCH3 is 1. The molecule has 0 aromatic heterocycles. The Hall–Kier alpha value is -1.96. The zero-order chi connectivity index (χ0) is 18.1. The summed E-state index contributed by atoms with van der Waals surface area (Å²) < 4.78 is 5.10. The molecule has 6 heteroatoms. The summed E-state index contributed by atoms with van der Waals surface area (Å²) in [5.41, 5.74) is 2.07. The summed E-state index contributed by atoms with van der Waals surface area (Å²) >= 11 is 0. The fourth-order valence-electron chi connectivity index (χ4n) is 2.52. The van der Waals surface area contributed by atoms with Crippen molar-refractivity contribution in [2.45, 2.75) is 26.3 Å². The molecule has 0 bridgehead atoms. The van der Waals surface area contributed by atoms with Crippen molar-refractivity contribution in [1.29, 1.82) is 0 Å². The number of nitrogens with one attached hydrogen (secondary N) is 2. The van der Waals surface area contributed by atoms with Crippen LogP contribution in [0.15, 0.2) is 53.5 Å². The molecule has 2 aromatic carbocycles. The molecular formula is C20H28IN3O2. The summed E-state index contributed by atoms with van der Waals surface area (Å²) in [6.45, 7) is 5.52. The minimum absolute atomic E-state index is 0. The number of hydrogen-bond donors (Lipinski definition) is 3. The van der Waals surface area contributed by atoms with Crippen LogP contribution in [0.4, 0.5) is 0 Å². The number of nitrogens with zero attached hydrogens (tertiary/aromatic N) is 1. The van der Waals surface area contributed by atoms with Crippen molar-refractivity contribution < 1.29 is 9.84 Å². The number of aliphatic imine (C=N–C) groups is 1. The highest BCUT2D eigenvalue weighted by Crippen LogP contribution is 2.23. The predicted octanol–water partition coefficient (Wildman–Crippen LogP) is 3.88. The lowest BCUT2D eigenvalue weighted by Crippen LogP contribution is -2.38. The second-order valence-corrected chi connectivity index (χ2v) is 5.78. The average Bonchev–Trinajstić information content (AvgIpc) is 2.63. The maximum atomic E-state index is 10.0. The van der Waals surface area contributed by atoms with Gasteiger partial charge in [0.15, 0.2) is 5.96 Å². The van der Waals surface area contributed by atoms with Gasteiger partial charge >= 0.3 is 0 Å². The van der Waals surface area contributed by atoms with Crippen LogP contribution in [0.3, 0.4) is 0 Å². The monoisotopic (exact) mass is 469 g/mol. The normalized spacial score (nSPS) is 12.0. The predicted molar refractivity (Wildman–Crippen MR) is 118 cm³/mol. The Balaban J connectivity index is 0.00000338. The van der Waals surface area contributed by atoms with Crippen LogP contribution < -0.4 is 15.4 Å². The Labute approximate surface area is 172 Å². The Bertz CT molecular complexity index is 693. The van der Waals surface area contributed by atoms with E-state index in [4.69, 9.17) is 4.74 Å². The molecule has 1 unspecified atom stereocenters. The van der Waals surface area contributed by atoms with E-state index in [9.17, 15) is 5.11 Å². The highest BCUT2D eigenvalue weighted by Gasteiger charge is 2.07. The van der Waals surface area contributed by atoms with E-state index < -0.39 is 0 Å². The molecule has 2 aromatic rings. The molecule has 0 aliphatic carbocycles. The quantitative estimate of drug-likeness (QED) is 0.327. The van der Waals surface area contributed by atoms with E-state index in [1.54, 1.807) is 13.2 Å². The molecule has 142 valence electrons. The van der Waals surface area contributed by atoms with Crippen molar-refractivity contribution in [2.24, 2.45) is 4.99 Å². The first-order valence-corrected chi connectivity index (χ1v) is 8.59. The van der Waals surface area contributed by atoms with Crippen LogP contribution >= 0.6 is 24.0 Å². The lowest BCUT2D eigenvalue weighted by molar-refractivity contribution is 0.406. The van der Waals surface area contributed by atoms with Crippen LogP contribution in [-0.4, -0.2) is 31.3 Å². The minimum Gasteiger partial charge on any atom is -0.508 e. The summed E-state index contributed by atoms with van der Waals surface area (Å²) in [7, 11) is 1.58. The van der Waals surface area contributed by atoms with Gasteiger partial charge in [0.1, 0.15) is 11.5 Å². The third-order valence-electron chi connectivity index (χ3n) is 3.94. The summed E-state index contributed by atoms with van der Waals surface area (Å²) in [4.78, 5) is 4.61. The molecule has 1 atom stereocenters. The second kappa shape index (κ2) is 11.6. The van der Waals surface area contributed by atoms with Gasteiger partial charge in [-0.15, -0.1) is 24.0 Å². The number of phenolic OH excluding ortho intramolecular Hbond substituents is 1. The van der Waals surface area contributed by atoms with E-state index in [1.807, 2.05) is 37.3 Å². The first-order valence-electron chi connectivity index (χ1n) is 8.59. The third kappa shape index (κ3) is 6.74. The molecule has 0 spiro atoms. The van der Waals surface area contributed by atoms with Crippen LogP contribution in [0.5, 0.6) is 11.5 Å². The Morgan fingerprint density at radius 2 is 1.92 bits per heavy atom. The summed E-state index contributed by atoms with van der Waals surface area (Å²) in [6, 6.07) is 15.8. The maximum absolute atomic E-state index is 10.0. The van der Waals surface area contributed by atoms with E-state index in [2.05, 4.69) is 34.7 Å². The smallest absolute Gasteiger partial charge is 0.191 e. The van der Waals surface area contributed by atoms with Crippen molar-refractivity contribution >= 4 is 29.9 Å². The molecule has 0 heterocycles. The van der Waals surface area contributed by atoms with E-state index in [1.165, 1.54) is 5.56 Å². The van der Waals surface area contributed by atoms with Gasteiger partial charge in [-0.1, -0.05) is 36.4 Å². The fourth-order valence-corrected chi connectivity index (χ4v) is 2.52. The number of hydrogen-bond acceptors (Lipinski definition) is 3. The number of rotatable bonds is 7. The molecule has 5 nitrogen and oxygen atoms in total. The Morgan fingerprint density at radius 1 is 1.19 bits per heavy atom. The summed E-state index contributed by atoms with van der Waals surface area (Å²) in [5, 5.41) is 16.7. The van der Waals surface area contributed by atoms with Crippen LogP contribution in [0.1, 0.15) is 31.0 Å². The molecule has 0 fully saturated rings. The topological polar surface area (TPSA) is 65.9 Å². The van der Waals surface area contributed by atoms with Crippen molar-refractivity contribution in [2.75, 3.05) is 20.2 Å². The van der Waals surface area contributed by atoms with Crippen LogP contribution in [0.25, 0.3) is 0 Å². The Kier molecular flexibility index (Phi) is 9.87. The van der Waals surface area contributed by atoms with Gasteiger partial charge in [0.05, 0.1) is 13.2 Å². The lowest BCUT2D eigenvalue weighted by atomic mass is 10.1. The minimum atomic E-state index is 0. The first-order chi connectivity index (χ1) is 12.1. The second-order valence-electron chi connectivity index (χ2n) is 5.78. The molecule has 0 saturated carbocycles. The van der Waals surface area contributed by atoms with Crippen molar-refractivity contribution in [1.82, 2.24) is 10.6 Å². The zero-order valence-corrected chi connectivity index (χ0v) is 17.9. The number of halogens is 1. The van der Waals surface area contributed by atoms with Gasteiger partial charge in [-0.2, -0.15) is 0 Å².